The number of pyridine rings is 2. The van der Waals surface area contributed by atoms with Crippen LogP contribution < -0.4 is 4.57 Å². The van der Waals surface area contributed by atoms with Crippen LogP contribution in [0, 0.1) is 0 Å². The molecule has 5 heteroatoms. The van der Waals surface area contributed by atoms with Crippen LogP contribution >= 0.6 is 11.3 Å². The first-order valence-electron chi connectivity index (χ1n) is 6.05. The van der Waals surface area contributed by atoms with Gasteiger partial charge in [0.15, 0.2) is 17.6 Å². The Morgan fingerprint density at radius 2 is 2.26 bits per heavy atom. The quantitative estimate of drug-likeness (QED) is 0.405. The first-order valence-corrected chi connectivity index (χ1v) is 6.86. The molecule has 0 saturated carbocycles. The van der Waals surface area contributed by atoms with Gasteiger partial charge in [0.2, 0.25) is 0 Å². The normalized spacial score (nSPS) is 13.1. The topological polar surface area (TPSA) is 42.8 Å². The second-order valence-electron chi connectivity index (χ2n) is 4.61. The van der Waals surface area contributed by atoms with Gasteiger partial charge in [0.05, 0.1) is 5.56 Å². The fraction of sp³-hybridized carbons (Fsp3) is 0.0714. The Hall–Kier alpha value is -2.27. The van der Waals surface area contributed by atoms with Crippen LogP contribution in [0.1, 0.15) is 5.56 Å². The lowest BCUT2D eigenvalue weighted by Gasteiger charge is -1.88. The van der Waals surface area contributed by atoms with Gasteiger partial charge in [-0.1, -0.05) is 0 Å². The lowest BCUT2D eigenvalue weighted by molar-refractivity contribution is -0.641. The van der Waals surface area contributed by atoms with Crippen LogP contribution in [0.4, 0.5) is 0 Å². The molecule has 5 rings (SSSR count). The number of thiazole rings is 1. The summed E-state index contributed by atoms with van der Waals surface area (Å²) >= 11 is 1.68. The molecule has 0 saturated heterocycles. The number of furan rings is 1. The van der Waals surface area contributed by atoms with Crippen LogP contribution in [0.25, 0.3) is 32.1 Å². The van der Waals surface area contributed by atoms with Gasteiger partial charge in [-0.15, -0.1) is 0 Å². The highest BCUT2D eigenvalue weighted by Crippen LogP contribution is 2.38. The molecule has 5 heterocycles. The van der Waals surface area contributed by atoms with Gasteiger partial charge in [-0.3, -0.25) is 4.98 Å². The smallest absolute Gasteiger partial charge is 0.290 e. The molecule has 0 fully saturated rings. The van der Waals surface area contributed by atoms with Gasteiger partial charge in [0.25, 0.3) is 15.4 Å². The summed E-state index contributed by atoms with van der Waals surface area (Å²) in [6.07, 6.45) is 5.59. The van der Waals surface area contributed by atoms with Gasteiger partial charge in [-0.25, -0.2) is 4.98 Å². The molecule has 0 unspecified atom stereocenters. The van der Waals surface area contributed by atoms with Crippen LogP contribution in [0.2, 0.25) is 0 Å². The minimum absolute atomic E-state index is 0.851. The summed E-state index contributed by atoms with van der Waals surface area (Å²) in [5, 5.41) is 1.23. The predicted octanol–water partition coefficient (Wildman–Crippen LogP) is 2.75. The Labute approximate surface area is 112 Å². The van der Waals surface area contributed by atoms with E-state index in [0.717, 1.165) is 28.1 Å². The fourth-order valence-electron chi connectivity index (χ4n) is 2.73. The average molecular weight is 266 g/mol. The maximum Gasteiger partial charge on any atom is 0.290 e. The van der Waals surface area contributed by atoms with Crippen molar-refractivity contribution >= 4 is 32.8 Å². The van der Waals surface area contributed by atoms with E-state index in [9.17, 15) is 0 Å². The van der Waals surface area contributed by atoms with Gasteiger partial charge in [0.1, 0.15) is 0 Å². The number of fused-ring (bicyclic) bond motifs is 7. The van der Waals surface area contributed by atoms with Gasteiger partial charge < -0.3 is 4.42 Å². The van der Waals surface area contributed by atoms with E-state index in [1.807, 2.05) is 30.7 Å². The van der Waals surface area contributed by atoms with Crippen molar-refractivity contribution in [3.63, 3.8) is 0 Å². The molecule has 4 aromatic heterocycles. The van der Waals surface area contributed by atoms with E-state index in [1.54, 1.807) is 11.3 Å². The van der Waals surface area contributed by atoms with Crippen LogP contribution in [0.5, 0.6) is 0 Å². The second kappa shape index (κ2) is 3.19. The summed E-state index contributed by atoms with van der Waals surface area (Å²) in [5.74, 6) is 0. The van der Waals surface area contributed by atoms with E-state index in [2.05, 4.69) is 20.6 Å². The molecule has 0 spiro atoms. The van der Waals surface area contributed by atoms with Gasteiger partial charge in [-0.05, 0) is 29.5 Å². The molecule has 0 amide bonds. The van der Waals surface area contributed by atoms with Crippen molar-refractivity contribution in [2.45, 2.75) is 6.54 Å². The van der Waals surface area contributed by atoms with Crippen molar-refractivity contribution in [3.05, 3.63) is 42.4 Å². The lowest BCUT2D eigenvalue weighted by Crippen LogP contribution is -2.30. The van der Waals surface area contributed by atoms with Crippen molar-refractivity contribution < 1.29 is 8.98 Å². The Kier molecular flexibility index (Phi) is 1.62. The molecule has 0 radical (unpaired) electrons. The average Bonchev–Trinajstić information content (AvgIpc) is 3.05. The number of aromatic nitrogens is 3. The maximum absolute atomic E-state index is 5.88. The highest BCUT2D eigenvalue weighted by molar-refractivity contribution is 7.20. The summed E-state index contributed by atoms with van der Waals surface area (Å²) < 4.78 is 8.17. The summed E-state index contributed by atoms with van der Waals surface area (Å²) in [6.45, 7) is 0.851. The molecule has 1 aliphatic rings. The maximum atomic E-state index is 5.88. The summed E-state index contributed by atoms with van der Waals surface area (Å²) in [5.41, 5.74) is 5.43. The fourth-order valence-corrected chi connectivity index (χ4v) is 3.92. The minimum atomic E-state index is 0.851. The van der Waals surface area contributed by atoms with E-state index in [0.29, 0.717) is 0 Å². The summed E-state index contributed by atoms with van der Waals surface area (Å²) in [4.78, 5) is 9.61. The van der Waals surface area contributed by atoms with Crippen molar-refractivity contribution in [2.24, 2.45) is 0 Å². The molecular formula is C14H8N3OS+. The van der Waals surface area contributed by atoms with Gasteiger partial charge in [-0.2, -0.15) is 4.57 Å². The zero-order valence-electron chi connectivity index (χ0n) is 9.83. The second-order valence-corrected chi connectivity index (χ2v) is 5.58. The van der Waals surface area contributed by atoms with Crippen LogP contribution in [0.3, 0.4) is 0 Å². The zero-order valence-corrected chi connectivity index (χ0v) is 10.6. The monoisotopic (exact) mass is 266 g/mol. The summed E-state index contributed by atoms with van der Waals surface area (Å²) in [7, 11) is 0. The van der Waals surface area contributed by atoms with E-state index in [1.165, 1.54) is 16.1 Å². The van der Waals surface area contributed by atoms with E-state index in [-0.39, 0.29) is 0 Å². The molecule has 1 aliphatic heterocycles. The van der Waals surface area contributed by atoms with Gasteiger partial charge >= 0.3 is 0 Å². The SMILES string of the molecule is c1cnc2c(c1)oc1sc3[n+](c12)Cc1cnccc1-3. The number of rotatable bonds is 0. The molecule has 0 aromatic carbocycles. The third-order valence-electron chi connectivity index (χ3n) is 3.56. The highest BCUT2D eigenvalue weighted by atomic mass is 32.1. The van der Waals surface area contributed by atoms with E-state index in [4.69, 9.17) is 4.42 Å². The molecule has 90 valence electrons. The van der Waals surface area contributed by atoms with Crippen molar-refractivity contribution in [3.8, 4) is 10.6 Å². The van der Waals surface area contributed by atoms with Crippen LogP contribution in [-0.2, 0) is 6.54 Å². The van der Waals surface area contributed by atoms with Crippen molar-refractivity contribution in [1.29, 1.82) is 0 Å². The predicted molar refractivity (Wildman–Crippen MR) is 71.9 cm³/mol. The Bertz CT molecular complexity index is 954. The van der Waals surface area contributed by atoms with Crippen LogP contribution in [-0.4, -0.2) is 9.97 Å². The Morgan fingerprint density at radius 3 is 3.26 bits per heavy atom. The molecule has 0 bridgehead atoms. The van der Waals surface area contributed by atoms with Crippen LogP contribution in [0.15, 0.2) is 41.2 Å². The zero-order chi connectivity index (χ0) is 12.4. The first kappa shape index (κ1) is 9.63. The largest absolute Gasteiger partial charge is 0.437 e. The number of nitrogens with zero attached hydrogens (tertiary/aromatic N) is 3. The molecule has 4 nitrogen and oxygen atoms in total. The van der Waals surface area contributed by atoms with Crippen molar-refractivity contribution in [1.82, 2.24) is 9.97 Å². The number of hydrogen-bond donors (Lipinski definition) is 0. The molecular weight excluding hydrogens is 258 g/mol. The molecule has 4 aromatic rings. The first-order chi connectivity index (χ1) is 9.42. The Balaban J connectivity index is 1.94. The number of hydrogen-bond acceptors (Lipinski definition) is 4. The third-order valence-corrected chi connectivity index (χ3v) is 4.65. The molecule has 0 N–H and O–H groups in total. The van der Waals surface area contributed by atoms with E-state index < -0.39 is 0 Å². The molecule has 19 heavy (non-hydrogen) atoms. The standard InChI is InChI=1S/C14H8N3OS/c1-2-10-11(16-4-1)12-14(18-10)19-13-9-3-5-15-6-8(9)7-17(12)13/h1-6H,7H2/q+1. The third kappa shape index (κ3) is 1.11. The highest BCUT2D eigenvalue weighted by Gasteiger charge is 2.35. The molecule has 0 aliphatic carbocycles. The summed E-state index contributed by atoms with van der Waals surface area (Å²) in [6, 6.07) is 5.93. The van der Waals surface area contributed by atoms with Gasteiger partial charge in [0, 0.05) is 24.2 Å². The van der Waals surface area contributed by atoms with E-state index >= 15 is 0 Å². The Morgan fingerprint density at radius 1 is 1.26 bits per heavy atom. The lowest BCUT2D eigenvalue weighted by atomic mass is 10.2. The van der Waals surface area contributed by atoms with Crippen molar-refractivity contribution in [2.75, 3.05) is 0 Å². The minimum Gasteiger partial charge on any atom is -0.437 e. The molecule has 0 atom stereocenters.